The first-order valence-corrected chi connectivity index (χ1v) is 9.01. The van der Waals surface area contributed by atoms with Crippen LogP contribution in [-0.4, -0.2) is 37.3 Å². The van der Waals surface area contributed by atoms with Crippen LogP contribution in [0, 0.1) is 5.92 Å². The lowest BCUT2D eigenvalue weighted by molar-refractivity contribution is -0.128. The summed E-state index contributed by atoms with van der Waals surface area (Å²) < 4.78 is 16.7. The van der Waals surface area contributed by atoms with Crippen LogP contribution in [0.2, 0.25) is 0 Å². The number of hydrogen-bond acceptors (Lipinski definition) is 6. The molecule has 1 aliphatic rings. The Morgan fingerprint density at radius 1 is 1.19 bits per heavy atom. The molecule has 2 aromatic rings. The van der Waals surface area contributed by atoms with Crippen LogP contribution in [0.25, 0.3) is 0 Å². The number of anilines is 2. The number of amides is 1. The van der Waals surface area contributed by atoms with Crippen LogP contribution in [0.1, 0.15) is 20.3 Å². The number of nitrogen functional groups attached to an aromatic ring is 1. The van der Waals surface area contributed by atoms with Gasteiger partial charge in [0.2, 0.25) is 0 Å². The van der Waals surface area contributed by atoms with E-state index in [4.69, 9.17) is 19.9 Å². The summed E-state index contributed by atoms with van der Waals surface area (Å²) in [6.45, 7) is 4.87. The number of pyridine rings is 1. The van der Waals surface area contributed by atoms with Crippen LogP contribution in [0.15, 0.2) is 36.4 Å². The molecule has 0 saturated carbocycles. The predicted octanol–water partition coefficient (Wildman–Crippen LogP) is 2.89. The second kappa shape index (κ2) is 8.16. The molecule has 1 atom stereocenters. The third-order valence-electron chi connectivity index (χ3n) is 4.34. The zero-order valence-electron chi connectivity index (χ0n) is 15.8. The summed E-state index contributed by atoms with van der Waals surface area (Å²) in [5.74, 6) is 2.90. The van der Waals surface area contributed by atoms with Crippen molar-refractivity contribution < 1.29 is 19.0 Å². The standard InChI is InChI=1S/C20H25N3O4/c1-13(2)18-20(24)23(19-16(27-18)9-10-17(21)22-19)11-4-12-26-15-7-5-14(25-3)6-8-15/h5-10,13,18H,4,11-12H2,1-3H3,(H2,21,22). The number of ether oxygens (including phenoxy) is 3. The third kappa shape index (κ3) is 4.24. The molecule has 1 aliphatic heterocycles. The topological polar surface area (TPSA) is 86.9 Å². The molecular formula is C20H25N3O4. The number of fused-ring (bicyclic) bond motifs is 1. The molecule has 3 rings (SSSR count). The van der Waals surface area contributed by atoms with Gasteiger partial charge in [0, 0.05) is 6.54 Å². The fourth-order valence-corrected chi connectivity index (χ4v) is 2.90. The molecule has 0 radical (unpaired) electrons. The minimum Gasteiger partial charge on any atom is -0.497 e. The highest BCUT2D eigenvalue weighted by molar-refractivity contribution is 5.99. The molecule has 7 heteroatoms. The Balaban J connectivity index is 1.65. The van der Waals surface area contributed by atoms with E-state index in [1.54, 1.807) is 24.1 Å². The summed E-state index contributed by atoms with van der Waals surface area (Å²) >= 11 is 0. The van der Waals surface area contributed by atoms with Crippen molar-refractivity contribution in [2.75, 3.05) is 30.9 Å². The maximum Gasteiger partial charge on any atom is 0.269 e. The molecule has 1 aromatic carbocycles. The van der Waals surface area contributed by atoms with Gasteiger partial charge in [0.1, 0.15) is 17.3 Å². The van der Waals surface area contributed by atoms with Gasteiger partial charge in [0.25, 0.3) is 5.91 Å². The Morgan fingerprint density at radius 2 is 1.89 bits per heavy atom. The van der Waals surface area contributed by atoms with Crippen LogP contribution in [0.4, 0.5) is 11.6 Å². The maximum atomic E-state index is 12.8. The predicted molar refractivity (Wildman–Crippen MR) is 103 cm³/mol. The van der Waals surface area contributed by atoms with Gasteiger partial charge in [-0.2, -0.15) is 0 Å². The smallest absolute Gasteiger partial charge is 0.269 e. The molecule has 2 N–H and O–H groups in total. The summed E-state index contributed by atoms with van der Waals surface area (Å²) in [7, 11) is 1.62. The number of carbonyl (C=O) groups excluding carboxylic acids is 1. The van der Waals surface area contributed by atoms with Gasteiger partial charge in [-0.15, -0.1) is 0 Å². The number of rotatable bonds is 7. The monoisotopic (exact) mass is 371 g/mol. The van der Waals surface area contributed by atoms with E-state index >= 15 is 0 Å². The number of nitrogens with two attached hydrogens (primary N) is 1. The van der Waals surface area contributed by atoms with Gasteiger partial charge in [0.05, 0.1) is 13.7 Å². The minimum atomic E-state index is -0.523. The highest BCUT2D eigenvalue weighted by Gasteiger charge is 2.37. The quantitative estimate of drug-likeness (QED) is 0.753. The highest BCUT2D eigenvalue weighted by Crippen LogP contribution is 2.34. The fourth-order valence-electron chi connectivity index (χ4n) is 2.90. The van der Waals surface area contributed by atoms with Gasteiger partial charge < -0.3 is 19.9 Å². The van der Waals surface area contributed by atoms with Crippen molar-refractivity contribution in [1.82, 2.24) is 4.98 Å². The van der Waals surface area contributed by atoms with Gasteiger partial charge in [-0.1, -0.05) is 13.8 Å². The van der Waals surface area contributed by atoms with E-state index in [2.05, 4.69) is 4.98 Å². The SMILES string of the molecule is COc1ccc(OCCCN2C(=O)C(C(C)C)Oc3ccc(N)nc32)cc1. The lowest BCUT2D eigenvalue weighted by Crippen LogP contribution is -2.49. The van der Waals surface area contributed by atoms with Crippen molar-refractivity contribution >= 4 is 17.5 Å². The fraction of sp³-hybridized carbons (Fsp3) is 0.400. The van der Waals surface area contributed by atoms with E-state index in [1.165, 1.54) is 0 Å². The normalized spacial score (nSPS) is 16.1. The van der Waals surface area contributed by atoms with E-state index in [9.17, 15) is 4.79 Å². The molecule has 1 aromatic heterocycles. The number of nitrogens with zero attached hydrogens (tertiary/aromatic N) is 2. The molecule has 0 spiro atoms. The van der Waals surface area contributed by atoms with E-state index in [0.29, 0.717) is 37.0 Å². The van der Waals surface area contributed by atoms with Crippen LogP contribution in [0.3, 0.4) is 0 Å². The first-order valence-electron chi connectivity index (χ1n) is 9.01. The highest BCUT2D eigenvalue weighted by atomic mass is 16.5. The maximum absolute atomic E-state index is 12.8. The summed E-state index contributed by atoms with van der Waals surface area (Å²) in [4.78, 5) is 18.8. The molecule has 2 heterocycles. The van der Waals surface area contributed by atoms with Crippen molar-refractivity contribution in [3.63, 3.8) is 0 Å². The Hall–Kier alpha value is -2.96. The van der Waals surface area contributed by atoms with Crippen LogP contribution >= 0.6 is 0 Å². The average molecular weight is 371 g/mol. The van der Waals surface area contributed by atoms with Crippen LogP contribution in [0.5, 0.6) is 17.2 Å². The van der Waals surface area contributed by atoms with E-state index in [1.807, 2.05) is 38.1 Å². The van der Waals surface area contributed by atoms with E-state index in [0.717, 1.165) is 11.5 Å². The Morgan fingerprint density at radius 3 is 2.56 bits per heavy atom. The van der Waals surface area contributed by atoms with Gasteiger partial charge in [-0.3, -0.25) is 9.69 Å². The summed E-state index contributed by atoms with van der Waals surface area (Å²) in [6.07, 6.45) is 0.129. The number of benzene rings is 1. The van der Waals surface area contributed by atoms with E-state index < -0.39 is 6.10 Å². The zero-order valence-corrected chi connectivity index (χ0v) is 15.8. The molecule has 7 nitrogen and oxygen atoms in total. The summed E-state index contributed by atoms with van der Waals surface area (Å²) in [5, 5.41) is 0. The van der Waals surface area contributed by atoms with Gasteiger partial charge in [-0.05, 0) is 48.7 Å². The van der Waals surface area contributed by atoms with Crippen molar-refractivity contribution in [3.8, 4) is 17.2 Å². The second-order valence-electron chi connectivity index (χ2n) is 6.71. The molecule has 1 unspecified atom stereocenters. The molecule has 0 bridgehead atoms. The second-order valence-corrected chi connectivity index (χ2v) is 6.71. The van der Waals surface area contributed by atoms with Gasteiger partial charge in [0.15, 0.2) is 17.7 Å². The van der Waals surface area contributed by atoms with Crippen LogP contribution in [-0.2, 0) is 4.79 Å². The average Bonchev–Trinajstić information content (AvgIpc) is 2.66. The lowest BCUT2D eigenvalue weighted by atomic mass is 10.0. The lowest BCUT2D eigenvalue weighted by Gasteiger charge is -2.35. The summed E-state index contributed by atoms with van der Waals surface area (Å²) in [5.41, 5.74) is 5.80. The Bertz CT molecular complexity index is 792. The number of hydrogen-bond donors (Lipinski definition) is 1. The van der Waals surface area contributed by atoms with Crippen molar-refractivity contribution in [1.29, 1.82) is 0 Å². The third-order valence-corrected chi connectivity index (χ3v) is 4.34. The molecule has 0 saturated heterocycles. The van der Waals surface area contributed by atoms with Gasteiger partial charge >= 0.3 is 0 Å². The van der Waals surface area contributed by atoms with Crippen molar-refractivity contribution in [2.45, 2.75) is 26.4 Å². The minimum absolute atomic E-state index is 0.0567. The number of methoxy groups -OCH3 is 1. The molecular weight excluding hydrogens is 346 g/mol. The summed E-state index contributed by atoms with van der Waals surface area (Å²) in [6, 6.07) is 10.8. The molecule has 0 aliphatic carbocycles. The Labute approximate surface area is 159 Å². The molecule has 1 amide bonds. The number of aromatic nitrogens is 1. The first kappa shape index (κ1) is 18.8. The largest absolute Gasteiger partial charge is 0.497 e. The molecule has 0 fully saturated rings. The van der Waals surface area contributed by atoms with Gasteiger partial charge in [-0.25, -0.2) is 4.98 Å². The van der Waals surface area contributed by atoms with E-state index in [-0.39, 0.29) is 11.8 Å². The van der Waals surface area contributed by atoms with Crippen molar-refractivity contribution in [2.24, 2.45) is 5.92 Å². The molecule has 144 valence electrons. The zero-order chi connectivity index (χ0) is 19.4. The molecule has 27 heavy (non-hydrogen) atoms. The van der Waals surface area contributed by atoms with Crippen molar-refractivity contribution in [3.05, 3.63) is 36.4 Å². The first-order chi connectivity index (χ1) is 13.0. The number of carbonyl (C=O) groups is 1. The Kier molecular flexibility index (Phi) is 5.69. The van der Waals surface area contributed by atoms with Crippen LogP contribution < -0.4 is 24.8 Å².